The molecule has 0 saturated carbocycles. The van der Waals surface area contributed by atoms with Gasteiger partial charge in [-0.25, -0.2) is 0 Å². The molecule has 53 heavy (non-hydrogen) atoms. The van der Waals surface area contributed by atoms with Crippen LogP contribution < -0.4 is 0 Å². The summed E-state index contributed by atoms with van der Waals surface area (Å²) in [6.45, 7) is 7.72. The van der Waals surface area contributed by atoms with E-state index < -0.39 is 11.5 Å². The lowest BCUT2D eigenvalue weighted by Crippen LogP contribution is -1.99. The number of hydrogen-bond donors (Lipinski definition) is 4. The summed E-state index contributed by atoms with van der Waals surface area (Å²) in [5, 5.41) is 49.9. The molecule has 1 aliphatic rings. The first kappa shape index (κ1) is 32.8. The highest BCUT2D eigenvalue weighted by Gasteiger charge is 2.29. The zero-order valence-corrected chi connectivity index (χ0v) is 30.8. The Morgan fingerprint density at radius 2 is 1.02 bits per heavy atom. The SMILES string of the molecule is Cc1c(C)c(O)c2c(-c3ccccc3)c3c(C)c(O)c(O)c(O)c3c(-c3ccc(-c4c(-c5ccccc5)ccc5sc6c(c45)C=CCC6)cc3)c2c1C. The van der Waals surface area contributed by atoms with E-state index in [0.717, 1.165) is 62.7 Å². The first-order chi connectivity index (χ1) is 25.7. The van der Waals surface area contributed by atoms with E-state index in [1.807, 2.05) is 68.5 Å². The molecule has 0 atom stereocenters. The van der Waals surface area contributed by atoms with E-state index in [1.165, 1.54) is 26.1 Å². The second-order valence-corrected chi connectivity index (χ2v) is 15.3. The Balaban J connectivity index is 1.40. The number of hydrogen-bond acceptors (Lipinski definition) is 5. The van der Waals surface area contributed by atoms with E-state index >= 15 is 0 Å². The maximum atomic E-state index is 12.1. The zero-order valence-electron chi connectivity index (χ0n) is 30.0. The first-order valence-electron chi connectivity index (χ1n) is 18.0. The van der Waals surface area contributed by atoms with Crippen molar-refractivity contribution in [1.82, 2.24) is 0 Å². The van der Waals surface area contributed by atoms with E-state index in [-0.39, 0.29) is 11.5 Å². The minimum absolute atomic E-state index is 0.155. The number of rotatable bonds is 4. The van der Waals surface area contributed by atoms with Crippen molar-refractivity contribution in [3.05, 3.63) is 136 Å². The Bertz CT molecular complexity index is 2750. The molecule has 4 nitrogen and oxygen atoms in total. The summed E-state index contributed by atoms with van der Waals surface area (Å²) in [6, 6.07) is 33.2. The van der Waals surface area contributed by atoms with Crippen LogP contribution in [-0.2, 0) is 6.42 Å². The summed E-state index contributed by atoms with van der Waals surface area (Å²) in [6.07, 6.45) is 6.65. The van der Waals surface area contributed by atoms with Crippen LogP contribution in [0, 0.1) is 27.7 Å². The Labute approximate surface area is 312 Å². The molecule has 1 aromatic heterocycles. The van der Waals surface area contributed by atoms with E-state index in [9.17, 15) is 20.4 Å². The third kappa shape index (κ3) is 4.80. The number of fused-ring (bicyclic) bond motifs is 5. The number of phenolic OH excluding ortho intramolecular Hbond substituents is 4. The number of thiophene rings is 1. The van der Waals surface area contributed by atoms with E-state index in [4.69, 9.17) is 0 Å². The lowest BCUT2D eigenvalue weighted by molar-refractivity contribution is 0.370. The standard InChI is InChI=1S/C48H38O4S/c1-25-26(2)37-41(44-38(28(4)46(50)48(52)47(44)51)40(30-15-9-6-10-16-30)43(37)45(49)27(25)3)32-21-19-31(20-22-32)39-33(29-13-7-5-8-14-29)23-24-36-42(39)34-17-11-12-18-35(34)53-36/h5-11,13-17,19-24,49-52H,12,18H2,1-4H3. The molecule has 1 aliphatic carbocycles. The van der Waals surface area contributed by atoms with Gasteiger partial charge >= 0.3 is 0 Å². The normalized spacial score (nSPS) is 12.6. The quantitative estimate of drug-likeness (QED) is 0.108. The van der Waals surface area contributed by atoms with Gasteiger partial charge in [0.25, 0.3) is 0 Å². The Hall–Kier alpha value is -6.04. The third-order valence-corrected chi connectivity index (χ3v) is 12.6. The van der Waals surface area contributed by atoms with Crippen molar-refractivity contribution in [2.45, 2.75) is 40.5 Å². The van der Waals surface area contributed by atoms with Crippen LogP contribution in [-0.4, -0.2) is 20.4 Å². The number of allylic oxidation sites excluding steroid dienone is 1. The molecule has 0 bridgehead atoms. The van der Waals surface area contributed by atoms with E-state index in [1.54, 1.807) is 6.92 Å². The fourth-order valence-electron chi connectivity index (χ4n) is 8.52. The van der Waals surface area contributed by atoms with Gasteiger partial charge < -0.3 is 20.4 Å². The fraction of sp³-hybridized carbons (Fsp3) is 0.125. The van der Waals surface area contributed by atoms with E-state index in [0.29, 0.717) is 32.8 Å². The van der Waals surface area contributed by atoms with Crippen molar-refractivity contribution in [3.8, 4) is 67.5 Å². The summed E-state index contributed by atoms with van der Waals surface area (Å²) in [4.78, 5) is 1.41. The molecule has 1 heterocycles. The predicted molar refractivity (Wildman–Crippen MR) is 222 cm³/mol. The second-order valence-electron chi connectivity index (χ2n) is 14.2. The summed E-state index contributed by atoms with van der Waals surface area (Å²) >= 11 is 1.88. The number of aryl methyl sites for hydroxylation is 3. The molecule has 0 fully saturated rings. The molecule has 0 amide bonds. The van der Waals surface area contributed by atoms with Gasteiger partial charge in [0.15, 0.2) is 11.5 Å². The minimum atomic E-state index is -0.564. The van der Waals surface area contributed by atoms with Gasteiger partial charge in [-0.2, -0.15) is 0 Å². The Kier molecular flexibility index (Phi) is 7.61. The molecule has 9 rings (SSSR count). The highest BCUT2D eigenvalue weighted by atomic mass is 32.1. The molecular formula is C48H38O4S. The third-order valence-electron chi connectivity index (χ3n) is 11.4. The highest BCUT2D eigenvalue weighted by Crippen LogP contribution is 2.57. The van der Waals surface area contributed by atoms with Gasteiger partial charge in [-0.1, -0.05) is 103 Å². The van der Waals surface area contributed by atoms with E-state index in [2.05, 4.69) is 72.8 Å². The van der Waals surface area contributed by atoms with Crippen LogP contribution in [0.3, 0.4) is 0 Å². The van der Waals surface area contributed by atoms with Crippen molar-refractivity contribution in [2.75, 3.05) is 0 Å². The summed E-state index contributed by atoms with van der Waals surface area (Å²) in [5.41, 5.74) is 12.0. The molecule has 4 N–H and O–H groups in total. The molecule has 0 unspecified atom stereocenters. The Morgan fingerprint density at radius 1 is 0.453 bits per heavy atom. The minimum Gasteiger partial charge on any atom is -0.507 e. The molecule has 0 spiro atoms. The highest BCUT2D eigenvalue weighted by molar-refractivity contribution is 7.19. The lowest BCUT2D eigenvalue weighted by Gasteiger charge is -2.25. The second kappa shape index (κ2) is 12.3. The summed E-state index contributed by atoms with van der Waals surface area (Å²) in [7, 11) is 0. The van der Waals surface area contributed by atoms with Crippen molar-refractivity contribution in [1.29, 1.82) is 0 Å². The van der Waals surface area contributed by atoms with Crippen LogP contribution >= 0.6 is 11.3 Å². The van der Waals surface area contributed by atoms with Crippen LogP contribution in [0.25, 0.3) is 82.2 Å². The van der Waals surface area contributed by atoms with Crippen molar-refractivity contribution in [2.24, 2.45) is 0 Å². The molecule has 7 aromatic carbocycles. The monoisotopic (exact) mass is 710 g/mol. The molecule has 0 aliphatic heterocycles. The van der Waals surface area contributed by atoms with Gasteiger partial charge in [-0.3, -0.25) is 0 Å². The largest absolute Gasteiger partial charge is 0.507 e. The molecule has 0 radical (unpaired) electrons. The van der Waals surface area contributed by atoms with Crippen LogP contribution in [0.1, 0.15) is 39.1 Å². The maximum Gasteiger partial charge on any atom is 0.201 e. The predicted octanol–water partition coefficient (Wildman–Crippen LogP) is 12.9. The molecule has 0 saturated heterocycles. The zero-order chi connectivity index (χ0) is 36.7. The van der Waals surface area contributed by atoms with Gasteiger partial charge in [0.1, 0.15) is 5.75 Å². The van der Waals surface area contributed by atoms with Crippen LogP contribution in [0.15, 0.2) is 103 Å². The topological polar surface area (TPSA) is 80.9 Å². The summed E-state index contributed by atoms with van der Waals surface area (Å²) in [5.74, 6) is -1.19. The molecule has 8 aromatic rings. The van der Waals surface area contributed by atoms with Crippen LogP contribution in [0.4, 0.5) is 0 Å². The average molecular weight is 711 g/mol. The molecular weight excluding hydrogens is 673 g/mol. The van der Waals surface area contributed by atoms with Gasteiger partial charge in [-0.15, -0.1) is 11.3 Å². The molecule has 260 valence electrons. The van der Waals surface area contributed by atoms with Gasteiger partial charge in [-0.05, 0) is 108 Å². The number of phenols is 4. The smallest absolute Gasteiger partial charge is 0.201 e. The average Bonchev–Trinajstić information content (AvgIpc) is 3.58. The summed E-state index contributed by atoms with van der Waals surface area (Å²) < 4.78 is 1.27. The lowest BCUT2D eigenvalue weighted by atomic mass is 9.80. The Morgan fingerprint density at radius 3 is 1.68 bits per heavy atom. The first-order valence-corrected chi connectivity index (χ1v) is 18.8. The van der Waals surface area contributed by atoms with Gasteiger partial charge in [0.2, 0.25) is 5.75 Å². The van der Waals surface area contributed by atoms with Crippen LogP contribution in [0.5, 0.6) is 23.0 Å². The number of benzene rings is 7. The van der Waals surface area contributed by atoms with Gasteiger partial charge in [0, 0.05) is 47.8 Å². The van der Waals surface area contributed by atoms with Crippen LogP contribution in [0.2, 0.25) is 0 Å². The maximum absolute atomic E-state index is 12.1. The van der Waals surface area contributed by atoms with Gasteiger partial charge in [0.05, 0.1) is 0 Å². The van der Waals surface area contributed by atoms with Crippen molar-refractivity contribution >= 4 is 49.0 Å². The van der Waals surface area contributed by atoms with Crippen molar-refractivity contribution < 1.29 is 20.4 Å². The number of aromatic hydroxyl groups is 4. The van der Waals surface area contributed by atoms with Crippen molar-refractivity contribution in [3.63, 3.8) is 0 Å². The fourth-order valence-corrected chi connectivity index (χ4v) is 9.73. The molecule has 5 heteroatoms.